The lowest BCUT2D eigenvalue weighted by Gasteiger charge is -2.32. The molecule has 7 rings (SSSR count). The molecule has 2 saturated heterocycles. The van der Waals surface area contributed by atoms with E-state index < -0.39 is 55.6 Å². The van der Waals surface area contributed by atoms with Crippen LogP contribution in [-0.4, -0.2) is 63.7 Å². The highest BCUT2D eigenvalue weighted by atomic mass is 32.2. The van der Waals surface area contributed by atoms with Crippen LogP contribution in [0.4, 0.5) is 8.78 Å². The van der Waals surface area contributed by atoms with E-state index in [-0.39, 0.29) is 65.1 Å². The monoisotopic (exact) mass is 747 g/mol. The van der Waals surface area contributed by atoms with Crippen LogP contribution in [0.25, 0.3) is 21.0 Å². The molecule has 3 fully saturated rings. The number of Topliss-reactive ketones (excluding diaryl/α,β-unsaturated/α-hetero) is 1. The average Bonchev–Trinajstić information content (AvgIpc) is 3.32. The summed E-state index contributed by atoms with van der Waals surface area (Å²) in [5.74, 6) is -1.51. The Morgan fingerprint density at radius 1 is 1.14 bits per heavy atom. The largest absolute Gasteiger partial charge is 0.444 e. The summed E-state index contributed by atoms with van der Waals surface area (Å²) in [6.07, 6.45) is 4.55. The van der Waals surface area contributed by atoms with E-state index in [4.69, 9.17) is 18.6 Å². The smallest absolute Gasteiger partial charge is 0.387 e. The summed E-state index contributed by atoms with van der Waals surface area (Å²) in [7, 11) is -3.95. The van der Waals surface area contributed by atoms with E-state index in [1.807, 2.05) is 0 Å². The van der Waals surface area contributed by atoms with Crippen LogP contribution < -0.4 is 16.0 Å². The van der Waals surface area contributed by atoms with Crippen molar-refractivity contribution in [2.24, 2.45) is 0 Å². The SMILES string of the molecule is Cc1c(-c2ncco2)sc2c1c(=O)n(C1(C(=O)CS(=O)(=O)C(C)(C)C)CC1)c(=O)n2C[C@H](OC1C[C@H]2CC[C@@H](C1)O2)c1ccccc1OC(F)F. The highest BCUT2D eigenvalue weighted by molar-refractivity contribution is 7.93. The van der Waals surface area contributed by atoms with Gasteiger partial charge in [-0.25, -0.2) is 22.8 Å². The molecule has 3 aromatic heterocycles. The van der Waals surface area contributed by atoms with Crippen LogP contribution in [0.5, 0.6) is 5.75 Å². The molecule has 3 aliphatic rings. The molecule has 4 atom stereocenters. The topological polar surface area (TPSA) is 149 Å². The number of ether oxygens (including phenoxy) is 3. The van der Waals surface area contributed by atoms with E-state index in [2.05, 4.69) is 4.98 Å². The standard InChI is InChI=1S/C35H39F2N3O9S2/c1-19-27-30(42)40(35(11-12-35)26(41)18-51(44,45)34(2,3)4)33(43)39(31(27)50-28(19)29-38-13-14-46-29)17-25(23-7-5-6-8-24(23)49-32(36)37)48-22-15-20-9-10-21(16-22)47-20/h5-8,13-14,20-22,25,32H,9-12,15-18H2,1-4H3/t20-,21+,22?,25-/m0/s1. The van der Waals surface area contributed by atoms with Crippen LogP contribution in [0.3, 0.4) is 0 Å². The number of alkyl halides is 2. The van der Waals surface area contributed by atoms with Crippen molar-refractivity contribution in [2.45, 2.75) is 114 Å². The zero-order chi connectivity index (χ0) is 36.5. The number of thiophene rings is 1. The van der Waals surface area contributed by atoms with Crippen molar-refractivity contribution in [3.63, 3.8) is 0 Å². The van der Waals surface area contributed by atoms with Gasteiger partial charge in [-0.3, -0.25) is 14.2 Å². The van der Waals surface area contributed by atoms with Gasteiger partial charge in [0, 0.05) is 5.56 Å². The van der Waals surface area contributed by atoms with E-state index >= 15 is 0 Å². The van der Waals surface area contributed by atoms with Gasteiger partial charge in [0.1, 0.15) is 34.2 Å². The molecule has 0 N–H and O–H groups in total. The summed E-state index contributed by atoms with van der Waals surface area (Å²) in [6.45, 7) is 2.76. The Kier molecular flexibility index (Phi) is 9.12. The van der Waals surface area contributed by atoms with E-state index in [1.165, 1.54) is 43.9 Å². The molecule has 5 heterocycles. The number of fused-ring (bicyclic) bond motifs is 3. The number of carbonyl (C=O) groups is 1. The van der Waals surface area contributed by atoms with Crippen LogP contribution in [-0.2, 0) is 36.2 Å². The lowest BCUT2D eigenvalue weighted by atomic mass is 10.0. The highest BCUT2D eigenvalue weighted by Crippen LogP contribution is 2.45. The first kappa shape index (κ1) is 35.7. The number of rotatable bonds is 12. The molecule has 0 radical (unpaired) electrons. The van der Waals surface area contributed by atoms with Crippen molar-refractivity contribution in [1.29, 1.82) is 0 Å². The molecule has 0 amide bonds. The molecule has 1 aromatic carbocycles. The first-order valence-corrected chi connectivity index (χ1v) is 19.4. The zero-order valence-electron chi connectivity index (χ0n) is 28.6. The molecule has 1 aliphatic carbocycles. The Morgan fingerprint density at radius 3 is 2.43 bits per heavy atom. The Balaban J connectivity index is 1.41. The van der Waals surface area contributed by atoms with E-state index in [0.29, 0.717) is 23.3 Å². The molecule has 51 heavy (non-hydrogen) atoms. The first-order chi connectivity index (χ1) is 24.1. The normalized spacial score (nSPS) is 22.1. The lowest BCUT2D eigenvalue weighted by Crippen LogP contribution is -2.51. The zero-order valence-corrected chi connectivity index (χ0v) is 30.2. The minimum atomic E-state index is -3.95. The number of halogens is 2. The summed E-state index contributed by atoms with van der Waals surface area (Å²) >= 11 is 1.09. The van der Waals surface area contributed by atoms with Gasteiger partial charge in [-0.05, 0) is 77.8 Å². The Hall–Kier alpha value is -3.73. The van der Waals surface area contributed by atoms with Gasteiger partial charge in [0.25, 0.3) is 5.56 Å². The van der Waals surface area contributed by atoms with Crippen molar-refractivity contribution in [2.75, 3.05) is 5.75 Å². The number of hydrogen-bond donors (Lipinski definition) is 0. The molecule has 1 unspecified atom stereocenters. The maximum Gasteiger partial charge on any atom is 0.387 e. The average molecular weight is 748 g/mol. The van der Waals surface area contributed by atoms with Gasteiger partial charge in [-0.15, -0.1) is 11.3 Å². The van der Waals surface area contributed by atoms with Crippen molar-refractivity contribution in [1.82, 2.24) is 14.1 Å². The number of sulfone groups is 1. The van der Waals surface area contributed by atoms with Gasteiger partial charge in [-0.2, -0.15) is 8.78 Å². The van der Waals surface area contributed by atoms with Gasteiger partial charge < -0.3 is 18.6 Å². The number of oxazole rings is 1. The summed E-state index contributed by atoms with van der Waals surface area (Å²) in [4.78, 5) is 48.1. The van der Waals surface area contributed by atoms with E-state index in [1.54, 1.807) is 25.1 Å². The fourth-order valence-electron chi connectivity index (χ4n) is 7.18. The fourth-order valence-corrected chi connectivity index (χ4v) is 9.47. The quantitative estimate of drug-likeness (QED) is 0.181. The van der Waals surface area contributed by atoms with Gasteiger partial charge >= 0.3 is 12.3 Å². The van der Waals surface area contributed by atoms with Crippen LogP contribution >= 0.6 is 11.3 Å². The third-order valence-corrected chi connectivity index (χ3v) is 14.0. The van der Waals surface area contributed by atoms with E-state index in [0.717, 1.165) is 28.7 Å². The third kappa shape index (κ3) is 6.48. The molecule has 2 aliphatic heterocycles. The molecular formula is C35H39F2N3O9S2. The van der Waals surface area contributed by atoms with Crippen molar-refractivity contribution in [3.8, 4) is 16.5 Å². The minimum Gasteiger partial charge on any atom is -0.444 e. The Morgan fingerprint density at radius 2 is 1.82 bits per heavy atom. The number of carbonyl (C=O) groups excluding carboxylic acids is 1. The van der Waals surface area contributed by atoms with Gasteiger partial charge in [0.05, 0.1) is 46.1 Å². The van der Waals surface area contributed by atoms with Gasteiger partial charge in [-0.1, -0.05) is 18.2 Å². The van der Waals surface area contributed by atoms with E-state index in [9.17, 15) is 31.6 Å². The molecule has 1 saturated carbocycles. The van der Waals surface area contributed by atoms with Crippen LogP contribution in [0.2, 0.25) is 0 Å². The molecule has 0 spiro atoms. The summed E-state index contributed by atoms with van der Waals surface area (Å²) in [5.41, 5.74) is -2.54. The summed E-state index contributed by atoms with van der Waals surface area (Å²) in [5, 5.41) is 0.130. The van der Waals surface area contributed by atoms with Gasteiger partial charge in [0.15, 0.2) is 15.6 Å². The molecule has 274 valence electrons. The lowest BCUT2D eigenvalue weighted by molar-refractivity contribution is -0.121. The highest BCUT2D eigenvalue weighted by Gasteiger charge is 2.55. The molecule has 12 nitrogen and oxygen atoms in total. The number of aromatic nitrogens is 3. The Bertz CT molecular complexity index is 2190. The second-order valence-electron chi connectivity index (χ2n) is 14.5. The maximum atomic E-state index is 14.8. The fraction of sp³-hybridized carbons (Fsp3) is 0.543. The minimum absolute atomic E-state index is 0.00768. The number of benzene rings is 1. The van der Waals surface area contributed by atoms with Crippen molar-refractivity contribution < 1.29 is 40.6 Å². The van der Waals surface area contributed by atoms with Crippen molar-refractivity contribution in [3.05, 3.63) is 68.7 Å². The van der Waals surface area contributed by atoms with Crippen LogP contribution in [0.15, 0.2) is 50.7 Å². The third-order valence-electron chi connectivity index (χ3n) is 10.2. The summed E-state index contributed by atoms with van der Waals surface area (Å²) in [6, 6.07) is 6.20. The predicted octanol–water partition coefficient (Wildman–Crippen LogP) is 5.53. The molecular weight excluding hydrogens is 709 g/mol. The predicted molar refractivity (Wildman–Crippen MR) is 184 cm³/mol. The summed E-state index contributed by atoms with van der Waals surface area (Å²) < 4.78 is 77.8. The Labute approximate surface area is 296 Å². The first-order valence-electron chi connectivity index (χ1n) is 16.9. The van der Waals surface area contributed by atoms with Gasteiger partial charge in [0.2, 0.25) is 5.89 Å². The van der Waals surface area contributed by atoms with Crippen LogP contribution in [0.1, 0.15) is 76.5 Å². The number of ketones is 1. The van der Waals surface area contributed by atoms with Crippen LogP contribution in [0, 0.1) is 6.92 Å². The molecule has 2 bridgehead atoms. The van der Waals surface area contributed by atoms with Crippen molar-refractivity contribution >= 4 is 37.2 Å². The maximum absolute atomic E-state index is 14.8. The number of hydrogen-bond acceptors (Lipinski definition) is 11. The second-order valence-corrected chi connectivity index (χ2v) is 18.3. The molecule has 4 aromatic rings. The molecule has 16 heteroatoms. The second kappa shape index (κ2) is 13.0. The number of para-hydroxylation sites is 1. The number of nitrogens with zero attached hydrogens (tertiary/aromatic N) is 3. The number of aryl methyl sites for hydroxylation is 1.